The Morgan fingerprint density at radius 3 is 2.64 bits per heavy atom. The van der Waals surface area contributed by atoms with Crippen LogP contribution in [-0.2, 0) is 6.54 Å². The molecule has 0 unspecified atom stereocenters. The molecule has 0 aliphatic carbocycles. The van der Waals surface area contributed by atoms with Gasteiger partial charge < -0.3 is 10.1 Å². The molecule has 0 spiro atoms. The lowest BCUT2D eigenvalue weighted by molar-refractivity contribution is 0.0954. The molecule has 3 aromatic rings. The zero-order valence-corrected chi connectivity index (χ0v) is 16.0. The van der Waals surface area contributed by atoms with Gasteiger partial charge in [-0.1, -0.05) is 12.1 Å². The zero-order valence-electron chi connectivity index (χ0n) is 14.4. The van der Waals surface area contributed by atoms with E-state index in [4.69, 9.17) is 4.74 Å². The SMILES string of the molecule is Cc1nc(-c2ccsc2)sc1C(=O)NCc1ccc(OC(C)C)cc1. The van der Waals surface area contributed by atoms with Crippen LogP contribution in [0.15, 0.2) is 41.1 Å². The van der Waals surface area contributed by atoms with Gasteiger partial charge in [-0.2, -0.15) is 11.3 Å². The first-order valence-electron chi connectivity index (χ1n) is 8.06. The van der Waals surface area contributed by atoms with Gasteiger partial charge in [0.05, 0.1) is 11.8 Å². The summed E-state index contributed by atoms with van der Waals surface area (Å²) in [6, 6.07) is 9.80. The molecule has 3 rings (SSSR count). The van der Waals surface area contributed by atoms with E-state index in [2.05, 4.69) is 10.3 Å². The number of rotatable bonds is 6. The second-order valence-corrected chi connectivity index (χ2v) is 7.72. The van der Waals surface area contributed by atoms with Gasteiger partial charge in [0.2, 0.25) is 0 Å². The standard InChI is InChI=1S/C19H20N2O2S2/c1-12(2)23-16-6-4-14(5-7-16)10-20-18(22)17-13(3)21-19(25-17)15-8-9-24-11-15/h4-9,11-12H,10H2,1-3H3,(H,20,22). The smallest absolute Gasteiger partial charge is 0.263 e. The number of ether oxygens (including phenoxy) is 1. The Bertz CT molecular complexity index is 837. The van der Waals surface area contributed by atoms with E-state index in [-0.39, 0.29) is 12.0 Å². The average Bonchev–Trinajstić information content (AvgIpc) is 3.23. The molecule has 130 valence electrons. The minimum Gasteiger partial charge on any atom is -0.491 e. The number of nitrogens with one attached hydrogen (secondary N) is 1. The summed E-state index contributed by atoms with van der Waals surface area (Å²) in [6.07, 6.45) is 0.150. The molecule has 0 bridgehead atoms. The monoisotopic (exact) mass is 372 g/mol. The van der Waals surface area contributed by atoms with E-state index in [0.29, 0.717) is 11.4 Å². The molecule has 0 aliphatic heterocycles. The van der Waals surface area contributed by atoms with E-state index in [1.807, 2.05) is 61.9 Å². The lowest BCUT2D eigenvalue weighted by atomic mass is 10.2. The molecule has 1 aromatic carbocycles. The predicted octanol–water partition coefficient (Wildman–Crippen LogP) is 4.90. The van der Waals surface area contributed by atoms with Gasteiger partial charge >= 0.3 is 0 Å². The number of nitrogens with zero attached hydrogens (tertiary/aromatic N) is 1. The molecule has 1 amide bonds. The first-order valence-corrected chi connectivity index (χ1v) is 9.82. The minimum atomic E-state index is -0.0843. The van der Waals surface area contributed by atoms with Gasteiger partial charge in [-0.15, -0.1) is 11.3 Å². The van der Waals surface area contributed by atoms with Crippen LogP contribution in [-0.4, -0.2) is 17.0 Å². The summed E-state index contributed by atoms with van der Waals surface area (Å²) in [7, 11) is 0. The van der Waals surface area contributed by atoms with Crippen LogP contribution >= 0.6 is 22.7 Å². The van der Waals surface area contributed by atoms with Gasteiger partial charge in [-0.25, -0.2) is 4.98 Å². The summed E-state index contributed by atoms with van der Waals surface area (Å²) in [5, 5.41) is 7.91. The van der Waals surface area contributed by atoms with Crippen LogP contribution in [0.2, 0.25) is 0 Å². The van der Waals surface area contributed by atoms with Gasteiger partial charge in [0.15, 0.2) is 0 Å². The van der Waals surface area contributed by atoms with Crippen LogP contribution in [0.25, 0.3) is 10.6 Å². The number of thiophene rings is 1. The number of aryl methyl sites for hydroxylation is 1. The van der Waals surface area contributed by atoms with Gasteiger partial charge in [0, 0.05) is 17.5 Å². The normalized spacial score (nSPS) is 10.9. The summed E-state index contributed by atoms with van der Waals surface area (Å²) in [6.45, 7) is 6.34. The van der Waals surface area contributed by atoms with Gasteiger partial charge in [-0.05, 0) is 49.9 Å². The Hall–Kier alpha value is -2.18. The van der Waals surface area contributed by atoms with Crippen LogP contribution < -0.4 is 10.1 Å². The third kappa shape index (κ3) is 4.46. The Kier molecular flexibility index (Phi) is 5.50. The van der Waals surface area contributed by atoms with E-state index in [1.54, 1.807) is 11.3 Å². The van der Waals surface area contributed by atoms with Crippen molar-refractivity contribution in [2.45, 2.75) is 33.4 Å². The maximum Gasteiger partial charge on any atom is 0.263 e. The first kappa shape index (κ1) is 17.6. The highest BCUT2D eigenvalue weighted by atomic mass is 32.1. The quantitative estimate of drug-likeness (QED) is 0.670. The lowest BCUT2D eigenvalue weighted by Gasteiger charge is -2.10. The number of amides is 1. The third-order valence-corrected chi connectivity index (χ3v) is 5.41. The molecule has 0 atom stereocenters. The van der Waals surface area contributed by atoms with E-state index in [0.717, 1.165) is 27.6 Å². The first-order chi connectivity index (χ1) is 12.0. The van der Waals surface area contributed by atoms with Crippen LogP contribution in [0.4, 0.5) is 0 Å². The summed E-state index contributed by atoms with van der Waals surface area (Å²) < 4.78 is 5.62. The molecular formula is C19H20N2O2S2. The Balaban J connectivity index is 1.63. The second kappa shape index (κ2) is 7.80. The summed E-state index contributed by atoms with van der Waals surface area (Å²) in [5.74, 6) is 0.753. The third-order valence-electron chi connectivity index (χ3n) is 3.52. The highest BCUT2D eigenvalue weighted by Gasteiger charge is 2.16. The molecule has 6 heteroatoms. The largest absolute Gasteiger partial charge is 0.491 e. The highest BCUT2D eigenvalue weighted by Crippen LogP contribution is 2.29. The van der Waals surface area contributed by atoms with Crippen molar-refractivity contribution in [3.05, 3.63) is 57.2 Å². The van der Waals surface area contributed by atoms with E-state index in [9.17, 15) is 4.79 Å². The van der Waals surface area contributed by atoms with Crippen molar-refractivity contribution < 1.29 is 9.53 Å². The Morgan fingerprint density at radius 2 is 2.00 bits per heavy atom. The zero-order chi connectivity index (χ0) is 17.8. The number of carbonyl (C=O) groups excluding carboxylic acids is 1. The molecule has 2 aromatic heterocycles. The van der Waals surface area contributed by atoms with Gasteiger partial charge in [0.25, 0.3) is 5.91 Å². The molecule has 0 saturated carbocycles. The van der Waals surface area contributed by atoms with Crippen LogP contribution in [0.3, 0.4) is 0 Å². The molecule has 1 N–H and O–H groups in total. The average molecular weight is 373 g/mol. The molecule has 0 aliphatic rings. The molecule has 4 nitrogen and oxygen atoms in total. The maximum atomic E-state index is 12.5. The fourth-order valence-corrected chi connectivity index (χ4v) is 4.03. The van der Waals surface area contributed by atoms with E-state index >= 15 is 0 Å². The summed E-state index contributed by atoms with van der Waals surface area (Å²) >= 11 is 3.06. The second-order valence-electron chi connectivity index (χ2n) is 5.94. The lowest BCUT2D eigenvalue weighted by Crippen LogP contribution is -2.22. The fourth-order valence-electron chi connectivity index (χ4n) is 2.34. The molecule has 0 radical (unpaired) electrons. The van der Waals surface area contributed by atoms with Gasteiger partial charge in [0.1, 0.15) is 15.6 Å². The summed E-state index contributed by atoms with van der Waals surface area (Å²) in [5.41, 5.74) is 2.87. The Morgan fingerprint density at radius 1 is 1.24 bits per heavy atom. The number of thiazole rings is 1. The van der Waals surface area contributed by atoms with Crippen LogP contribution in [0.1, 0.15) is 34.8 Å². The number of benzene rings is 1. The number of aromatic nitrogens is 1. The van der Waals surface area contributed by atoms with Crippen LogP contribution in [0.5, 0.6) is 5.75 Å². The van der Waals surface area contributed by atoms with Crippen molar-refractivity contribution in [2.24, 2.45) is 0 Å². The van der Waals surface area contributed by atoms with Crippen molar-refractivity contribution in [1.82, 2.24) is 10.3 Å². The van der Waals surface area contributed by atoms with Crippen molar-refractivity contribution in [3.8, 4) is 16.3 Å². The van der Waals surface area contributed by atoms with Crippen molar-refractivity contribution in [3.63, 3.8) is 0 Å². The minimum absolute atomic E-state index is 0.0843. The van der Waals surface area contributed by atoms with E-state index < -0.39 is 0 Å². The number of hydrogen-bond acceptors (Lipinski definition) is 5. The predicted molar refractivity (Wildman–Crippen MR) is 104 cm³/mol. The highest BCUT2D eigenvalue weighted by molar-refractivity contribution is 7.17. The summed E-state index contributed by atoms with van der Waals surface area (Å²) in [4.78, 5) is 17.7. The fraction of sp³-hybridized carbons (Fsp3) is 0.263. The van der Waals surface area contributed by atoms with Crippen molar-refractivity contribution in [1.29, 1.82) is 0 Å². The maximum absolute atomic E-state index is 12.5. The molecule has 2 heterocycles. The number of hydrogen-bond donors (Lipinski definition) is 1. The molecule has 25 heavy (non-hydrogen) atoms. The molecule has 0 saturated heterocycles. The Labute approximate surface area is 155 Å². The molecular weight excluding hydrogens is 352 g/mol. The van der Waals surface area contributed by atoms with Crippen LogP contribution in [0, 0.1) is 6.92 Å². The number of carbonyl (C=O) groups is 1. The van der Waals surface area contributed by atoms with E-state index in [1.165, 1.54) is 11.3 Å². The van der Waals surface area contributed by atoms with Crippen molar-refractivity contribution >= 4 is 28.6 Å². The van der Waals surface area contributed by atoms with Crippen molar-refractivity contribution in [2.75, 3.05) is 0 Å². The van der Waals surface area contributed by atoms with Gasteiger partial charge in [-0.3, -0.25) is 4.79 Å². The topological polar surface area (TPSA) is 51.2 Å². The molecule has 0 fully saturated rings.